The number of aryl methyl sites for hydroxylation is 2. The zero-order valence-corrected chi connectivity index (χ0v) is 12.6. The van der Waals surface area contributed by atoms with Crippen molar-refractivity contribution in [2.45, 2.75) is 13.8 Å². The van der Waals surface area contributed by atoms with E-state index in [2.05, 4.69) is 10.6 Å². The monoisotopic (exact) mass is 308 g/mol. The molecule has 0 radical (unpaired) electrons. The van der Waals surface area contributed by atoms with E-state index in [4.69, 9.17) is 23.2 Å². The van der Waals surface area contributed by atoms with Crippen molar-refractivity contribution in [2.75, 3.05) is 10.6 Å². The molecule has 0 spiro atoms. The number of carbonyl (C=O) groups is 1. The Morgan fingerprint density at radius 2 is 1.75 bits per heavy atom. The molecule has 0 fully saturated rings. The molecule has 0 atom stereocenters. The molecule has 2 N–H and O–H groups in total. The molecular weight excluding hydrogens is 295 g/mol. The lowest BCUT2D eigenvalue weighted by molar-refractivity contribution is 0.262. The third-order valence-electron chi connectivity index (χ3n) is 2.91. The number of halogens is 2. The number of amides is 2. The Bertz CT molecular complexity index is 636. The highest BCUT2D eigenvalue weighted by Crippen LogP contribution is 2.26. The maximum absolute atomic E-state index is 12.0. The lowest BCUT2D eigenvalue weighted by atomic mass is 10.2. The second kappa shape index (κ2) is 6.16. The SMILES string of the molecule is Cc1ccc(Cl)cc1NC(=O)Nc1c(C)cccc1Cl. The molecule has 0 aliphatic carbocycles. The van der Waals surface area contributed by atoms with E-state index in [0.29, 0.717) is 21.4 Å². The van der Waals surface area contributed by atoms with Crippen LogP contribution in [-0.2, 0) is 0 Å². The van der Waals surface area contributed by atoms with Gasteiger partial charge < -0.3 is 10.6 Å². The van der Waals surface area contributed by atoms with Gasteiger partial charge in [0.2, 0.25) is 0 Å². The summed E-state index contributed by atoms with van der Waals surface area (Å²) in [5, 5.41) is 6.58. The first kappa shape index (κ1) is 14.7. The summed E-state index contributed by atoms with van der Waals surface area (Å²) in [7, 11) is 0. The summed E-state index contributed by atoms with van der Waals surface area (Å²) < 4.78 is 0. The number of rotatable bonds is 2. The standard InChI is InChI=1S/C15H14Cl2N2O/c1-9-6-7-11(16)8-13(9)18-15(20)19-14-10(2)4-3-5-12(14)17/h3-8H,1-2H3,(H2,18,19,20). The Morgan fingerprint density at radius 1 is 1.00 bits per heavy atom. The van der Waals surface area contributed by atoms with E-state index in [1.165, 1.54) is 0 Å². The summed E-state index contributed by atoms with van der Waals surface area (Å²) in [5.41, 5.74) is 3.10. The Hall–Kier alpha value is -1.71. The van der Waals surface area contributed by atoms with Crippen LogP contribution in [0.5, 0.6) is 0 Å². The molecule has 0 bridgehead atoms. The maximum atomic E-state index is 12.0. The van der Waals surface area contributed by atoms with Crippen molar-refractivity contribution >= 4 is 40.6 Å². The van der Waals surface area contributed by atoms with Gasteiger partial charge in [-0.25, -0.2) is 4.79 Å². The molecule has 0 saturated heterocycles. The summed E-state index contributed by atoms with van der Waals surface area (Å²) >= 11 is 12.0. The normalized spacial score (nSPS) is 10.2. The fourth-order valence-corrected chi connectivity index (χ4v) is 2.23. The highest BCUT2D eigenvalue weighted by atomic mass is 35.5. The average molecular weight is 309 g/mol. The molecule has 0 unspecified atom stereocenters. The van der Waals surface area contributed by atoms with Crippen molar-refractivity contribution in [1.82, 2.24) is 0 Å². The van der Waals surface area contributed by atoms with Crippen LogP contribution < -0.4 is 10.6 Å². The fraction of sp³-hybridized carbons (Fsp3) is 0.133. The Balaban J connectivity index is 2.15. The molecule has 20 heavy (non-hydrogen) atoms. The van der Waals surface area contributed by atoms with Crippen LogP contribution in [0.3, 0.4) is 0 Å². The number of anilines is 2. The highest BCUT2D eigenvalue weighted by Gasteiger charge is 2.09. The minimum absolute atomic E-state index is 0.355. The molecule has 0 aliphatic heterocycles. The third-order valence-corrected chi connectivity index (χ3v) is 3.46. The predicted octanol–water partition coefficient (Wildman–Crippen LogP) is 5.25. The van der Waals surface area contributed by atoms with Crippen LogP contribution in [0, 0.1) is 13.8 Å². The molecule has 0 aromatic heterocycles. The van der Waals surface area contributed by atoms with Gasteiger partial charge in [-0.2, -0.15) is 0 Å². The average Bonchev–Trinajstić information content (AvgIpc) is 2.38. The second-order valence-corrected chi connectivity index (χ2v) is 5.31. The number of nitrogens with one attached hydrogen (secondary N) is 2. The van der Waals surface area contributed by atoms with Gasteiger partial charge >= 0.3 is 6.03 Å². The van der Waals surface area contributed by atoms with Crippen LogP contribution in [0.2, 0.25) is 10.0 Å². The number of para-hydroxylation sites is 1. The molecule has 2 rings (SSSR count). The van der Waals surface area contributed by atoms with E-state index in [1.54, 1.807) is 18.2 Å². The molecular formula is C15H14Cl2N2O. The summed E-state index contributed by atoms with van der Waals surface area (Å²) in [6, 6.07) is 10.4. The van der Waals surface area contributed by atoms with Crippen molar-refractivity contribution in [3.8, 4) is 0 Å². The van der Waals surface area contributed by atoms with Crippen molar-refractivity contribution in [2.24, 2.45) is 0 Å². The van der Waals surface area contributed by atoms with Crippen molar-refractivity contribution in [1.29, 1.82) is 0 Å². The highest BCUT2D eigenvalue weighted by molar-refractivity contribution is 6.34. The molecule has 0 heterocycles. The van der Waals surface area contributed by atoms with Gasteiger partial charge in [0, 0.05) is 10.7 Å². The molecule has 3 nitrogen and oxygen atoms in total. The quantitative estimate of drug-likeness (QED) is 0.781. The topological polar surface area (TPSA) is 41.1 Å². The minimum Gasteiger partial charge on any atom is -0.307 e. The second-order valence-electron chi connectivity index (χ2n) is 4.47. The Labute approximate surface area is 127 Å². The summed E-state index contributed by atoms with van der Waals surface area (Å²) in [5.74, 6) is 0. The van der Waals surface area contributed by atoms with Gasteiger partial charge in [-0.15, -0.1) is 0 Å². The lowest BCUT2D eigenvalue weighted by Crippen LogP contribution is -2.20. The number of urea groups is 1. The summed E-state index contributed by atoms with van der Waals surface area (Å²) in [6.45, 7) is 3.78. The van der Waals surface area contributed by atoms with Crippen LogP contribution in [0.25, 0.3) is 0 Å². The molecule has 104 valence electrons. The van der Waals surface area contributed by atoms with Gasteiger partial charge in [0.25, 0.3) is 0 Å². The van der Waals surface area contributed by atoms with Crippen LogP contribution in [-0.4, -0.2) is 6.03 Å². The van der Waals surface area contributed by atoms with Crippen LogP contribution in [0.15, 0.2) is 36.4 Å². The first-order valence-electron chi connectivity index (χ1n) is 6.06. The summed E-state index contributed by atoms with van der Waals surface area (Å²) in [6.07, 6.45) is 0. The molecule has 5 heteroatoms. The minimum atomic E-state index is -0.355. The predicted molar refractivity (Wildman–Crippen MR) is 85.0 cm³/mol. The largest absolute Gasteiger partial charge is 0.323 e. The molecule has 2 aromatic carbocycles. The maximum Gasteiger partial charge on any atom is 0.323 e. The van der Waals surface area contributed by atoms with Gasteiger partial charge in [0.15, 0.2) is 0 Å². The number of carbonyl (C=O) groups excluding carboxylic acids is 1. The molecule has 0 saturated carbocycles. The zero-order chi connectivity index (χ0) is 14.7. The third kappa shape index (κ3) is 3.44. The van der Waals surface area contributed by atoms with E-state index in [9.17, 15) is 4.79 Å². The van der Waals surface area contributed by atoms with Gasteiger partial charge in [-0.05, 0) is 43.2 Å². The molecule has 0 aliphatic rings. The number of benzene rings is 2. The van der Waals surface area contributed by atoms with Crippen LogP contribution >= 0.6 is 23.2 Å². The molecule has 2 aromatic rings. The van der Waals surface area contributed by atoms with E-state index >= 15 is 0 Å². The smallest absolute Gasteiger partial charge is 0.307 e. The van der Waals surface area contributed by atoms with Gasteiger partial charge in [-0.1, -0.05) is 41.4 Å². The lowest BCUT2D eigenvalue weighted by Gasteiger charge is -2.13. The zero-order valence-electron chi connectivity index (χ0n) is 11.1. The van der Waals surface area contributed by atoms with Crippen molar-refractivity contribution in [3.05, 3.63) is 57.6 Å². The molecule has 2 amide bonds. The number of hydrogen-bond acceptors (Lipinski definition) is 1. The van der Waals surface area contributed by atoms with E-state index < -0.39 is 0 Å². The van der Waals surface area contributed by atoms with Gasteiger partial charge in [0.05, 0.1) is 10.7 Å². The number of hydrogen-bond donors (Lipinski definition) is 2. The fourth-order valence-electron chi connectivity index (χ4n) is 1.79. The van der Waals surface area contributed by atoms with E-state index in [1.807, 2.05) is 32.0 Å². The van der Waals surface area contributed by atoms with Gasteiger partial charge in [-0.3, -0.25) is 0 Å². The van der Waals surface area contributed by atoms with Crippen LogP contribution in [0.1, 0.15) is 11.1 Å². The first-order valence-corrected chi connectivity index (χ1v) is 6.82. The van der Waals surface area contributed by atoms with Crippen molar-refractivity contribution in [3.63, 3.8) is 0 Å². The van der Waals surface area contributed by atoms with Crippen molar-refractivity contribution < 1.29 is 4.79 Å². The first-order chi connectivity index (χ1) is 9.47. The van der Waals surface area contributed by atoms with E-state index in [0.717, 1.165) is 11.1 Å². The van der Waals surface area contributed by atoms with E-state index in [-0.39, 0.29) is 6.03 Å². The summed E-state index contributed by atoms with van der Waals surface area (Å²) in [4.78, 5) is 12.0. The van der Waals surface area contributed by atoms with Gasteiger partial charge in [0.1, 0.15) is 0 Å². The Kier molecular flexibility index (Phi) is 4.53. The Morgan fingerprint density at radius 3 is 2.45 bits per heavy atom. The van der Waals surface area contributed by atoms with Crippen LogP contribution in [0.4, 0.5) is 16.2 Å².